The predicted octanol–water partition coefficient (Wildman–Crippen LogP) is -1.52. The maximum Gasteiger partial charge on any atom is 0.341 e. The van der Waals surface area contributed by atoms with E-state index in [0.717, 1.165) is 0 Å². The third-order valence-corrected chi connectivity index (χ3v) is 2.14. The van der Waals surface area contributed by atoms with Gasteiger partial charge in [-0.15, -0.1) is 0 Å². The second-order valence-corrected chi connectivity index (χ2v) is 3.26. The quantitative estimate of drug-likeness (QED) is 0.455. The minimum Gasteiger partial charge on any atom is -0.407 e. The zero-order chi connectivity index (χ0) is 12.8. The highest BCUT2D eigenvalue weighted by Gasteiger charge is 2.16. The topological polar surface area (TPSA) is 149 Å². The van der Waals surface area contributed by atoms with Gasteiger partial charge in [-0.2, -0.15) is 17.7 Å². The Hall–Kier alpha value is -1.87. The van der Waals surface area contributed by atoms with Gasteiger partial charge in [0.2, 0.25) is 0 Å². The van der Waals surface area contributed by atoms with Gasteiger partial charge in [-0.05, 0) is 24.1 Å². The van der Waals surface area contributed by atoms with Gasteiger partial charge in [-0.3, -0.25) is 0 Å². The Balaban J connectivity index is 2.82. The molecular weight excluding hydrogens is 228 g/mol. The summed E-state index contributed by atoms with van der Waals surface area (Å²) in [7, 11) is 0. The van der Waals surface area contributed by atoms with Crippen molar-refractivity contribution in [3.63, 3.8) is 0 Å². The molecule has 8 N–H and O–H groups in total. The lowest BCUT2D eigenvalue weighted by atomic mass is 10.1. The van der Waals surface area contributed by atoms with E-state index in [2.05, 4.69) is 14.5 Å². The van der Waals surface area contributed by atoms with E-state index in [9.17, 15) is 4.79 Å². The lowest BCUT2D eigenvalue weighted by Gasteiger charge is -2.11. The summed E-state index contributed by atoms with van der Waals surface area (Å²) in [6.45, 7) is 0. The fourth-order valence-electron chi connectivity index (χ4n) is 1.29. The highest BCUT2D eigenvalue weighted by molar-refractivity contribution is 5.75. The zero-order valence-corrected chi connectivity index (χ0v) is 8.96. The van der Waals surface area contributed by atoms with Crippen molar-refractivity contribution in [1.82, 2.24) is 0 Å². The summed E-state index contributed by atoms with van der Waals surface area (Å²) in [5, 5.41) is 0. The molecule has 0 aliphatic carbocycles. The Morgan fingerprint density at radius 2 is 1.82 bits per heavy atom. The Kier molecular flexibility index (Phi) is 4.67. The summed E-state index contributed by atoms with van der Waals surface area (Å²) in [5.41, 5.74) is 6.24. The summed E-state index contributed by atoms with van der Waals surface area (Å²) in [6, 6.07) is 3.88. The number of benzene rings is 1. The van der Waals surface area contributed by atoms with Crippen molar-refractivity contribution in [2.24, 2.45) is 23.4 Å². The molecule has 1 aromatic carbocycles. The van der Waals surface area contributed by atoms with Crippen molar-refractivity contribution >= 4 is 5.97 Å². The van der Waals surface area contributed by atoms with E-state index in [1.54, 1.807) is 12.1 Å². The van der Waals surface area contributed by atoms with E-state index in [4.69, 9.17) is 23.4 Å². The molecule has 1 aromatic rings. The normalized spacial score (nSPS) is 11.8. The lowest BCUT2D eigenvalue weighted by molar-refractivity contribution is -0.145. The van der Waals surface area contributed by atoms with Gasteiger partial charge in [0.15, 0.2) is 11.5 Å². The SMILES string of the molecule is NOC(=O)[C@@H](N)Cc1ccc(ON)c(ON)c1. The van der Waals surface area contributed by atoms with Crippen LogP contribution in [0.2, 0.25) is 0 Å². The summed E-state index contributed by atoms with van der Waals surface area (Å²) in [4.78, 5) is 24.1. The van der Waals surface area contributed by atoms with Crippen molar-refractivity contribution < 1.29 is 19.3 Å². The summed E-state index contributed by atoms with van der Waals surface area (Å²) in [6.07, 6.45) is 0.219. The Morgan fingerprint density at radius 3 is 2.35 bits per heavy atom. The van der Waals surface area contributed by atoms with Gasteiger partial charge in [-0.25, -0.2) is 4.79 Å². The first-order valence-electron chi connectivity index (χ1n) is 4.65. The molecule has 0 fully saturated rings. The van der Waals surface area contributed by atoms with Crippen molar-refractivity contribution in [2.75, 3.05) is 0 Å². The second-order valence-electron chi connectivity index (χ2n) is 3.26. The second kappa shape index (κ2) is 6.01. The Morgan fingerprint density at radius 1 is 1.18 bits per heavy atom. The van der Waals surface area contributed by atoms with Gasteiger partial charge in [0.25, 0.3) is 0 Å². The molecule has 1 rings (SSSR count). The number of carbonyl (C=O) groups excluding carboxylic acids is 1. The highest BCUT2D eigenvalue weighted by Crippen LogP contribution is 2.26. The summed E-state index contributed by atoms with van der Waals surface area (Å²) >= 11 is 0. The van der Waals surface area contributed by atoms with Crippen LogP contribution in [0.3, 0.4) is 0 Å². The third-order valence-electron chi connectivity index (χ3n) is 2.14. The van der Waals surface area contributed by atoms with Gasteiger partial charge in [0.05, 0.1) is 0 Å². The number of rotatable bonds is 5. The van der Waals surface area contributed by atoms with E-state index < -0.39 is 12.0 Å². The summed E-state index contributed by atoms with van der Waals surface area (Å²) in [5.74, 6) is 14.5. The van der Waals surface area contributed by atoms with Crippen LogP contribution in [0.5, 0.6) is 11.5 Å². The van der Waals surface area contributed by atoms with Crippen molar-refractivity contribution in [1.29, 1.82) is 0 Å². The molecule has 0 spiro atoms. The Labute approximate surface area is 97.3 Å². The van der Waals surface area contributed by atoms with Crippen LogP contribution < -0.4 is 33.1 Å². The van der Waals surface area contributed by atoms with Crippen LogP contribution in [0.15, 0.2) is 18.2 Å². The molecule has 0 bridgehead atoms. The number of hydrogen-bond acceptors (Lipinski definition) is 8. The van der Waals surface area contributed by atoms with Gasteiger partial charge < -0.3 is 20.2 Å². The van der Waals surface area contributed by atoms with E-state index in [-0.39, 0.29) is 17.9 Å². The van der Waals surface area contributed by atoms with Crippen molar-refractivity contribution in [3.8, 4) is 11.5 Å². The van der Waals surface area contributed by atoms with E-state index in [1.807, 2.05) is 0 Å². The number of carbonyl (C=O) groups is 1. The Bertz CT molecular complexity index is 399. The summed E-state index contributed by atoms with van der Waals surface area (Å²) < 4.78 is 0. The first-order valence-corrected chi connectivity index (χ1v) is 4.65. The van der Waals surface area contributed by atoms with Crippen LogP contribution in [0.1, 0.15) is 5.56 Å². The van der Waals surface area contributed by atoms with Crippen LogP contribution in [0.25, 0.3) is 0 Å². The molecule has 0 heterocycles. The lowest BCUT2D eigenvalue weighted by Crippen LogP contribution is -2.35. The average molecular weight is 242 g/mol. The van der Waals surface area contributed by atoms with Gasteiger partial charge in [0.1, 0.15) is 6.04 Å². The maximum atomic E-state index is 11.0. The molecule has 0 saturated heterocycles. The van der Waals surface area contributed by atoms with E-state index in [0.29, 0.717) is 5.56 Å². The molecule has 0 amide bonds. The first-order chi connectivity index (χ1) is 8.12. The van der Waals surface area contributed by atoms with Crippen LogP contribution >= 0.6 is 0 Å². The zero-order valence-electron chi connectivity index (χ0n) is 8.96. The molecule has 0 unspecified atom stereocenters. The molecule has 0 radical (unpaired) electrons. The minimum absolute atomic E-state index is 0.219. The fourth-order valence-corrected chi connectivity index (χ4v) is 1.29. The molecule has 8 heteroatoms. The third kappa shape index (κ3) is 3.29. The van der Waals surface area contributed by atoms with Gasteiger partial charge in [-0.1, -0.05) is 6.07 Å². The molecule has 1 atom stereocenters. The van der Waals surface area contributed by atoms with Crippen LogP contribution in [0, 0.1) is 0 Å². The molecular formula is C9H14N4O4. The first kappa shape index (κ1) is 13.2. The minimum atomic E-state index is -0.865. The van der Waals surface area contributed by atoms with Crippen LogP contribution in [0.4, 0.5) is 0 Å². The molecule has 8 nitrogen and oxygen atoms in total. The molecule has 94 valence electrons. The van der Waals surface area contributed by atoms with E-state index in [1.165, 1.54) is 6.07 Å². The largest absolute Gasteiger partial charge is 0.407 e. The monoisotopic (exact) mass is 242 g/mol. The van der Waals surface area contributed by atoms with Crippen LogP contribution in [-0.4, -0.2) is 12.0 Å². The molecule has 0 saturated carbocycles. The standard InChI is InChI=1S/C9H14N4O4/c10-6(9(14)17-13)3-5-1-2-7(15-11)8(4-5)16-12/h1-2,4,6H,3,10-13H2/t6-/m0/s1. The van der Waals surface area contributed by atoms with E-state index >= 15 is 0 Å². The highest BCUT2D eigenvalue weighted by atomic mass is 16.7. The fraction of sp³-hybridized carbons (Fsp3) is 0.222. The molecule has 17 heavy (non-hydrogen) atoms. The van der Waals surface area contributed by atoms with Crippen molar-refractivity contribution in [3.05, 3.63) is 23.8 Å². The molecule has 0 aliphatic heterocycles. The average Bonchev–Trinajstić information content (AvgIpc) is 2.37. The van der Waals surface area contributed by atoms with Gasteiger partial charge >= 0.3 is 5.97 Å². The number of hydrogen-bond donors (Lipinski definition) is 4. The van der Waals surface area contributed by atoms with Gasteiger partial charge in [0, 0.05) is 0 Å². The predicted molar refractivity (Wildman–Crippen MR) is 58.0 cm³/mol. The smallest absolute Gasteiger partial charge is 0.341 e. The number of nitrogens with two attached hydrogens (primary N) is 4. The molecule has 0 aliphatic rings. The molecule has 0 aromatic heterocycles. The van der Waals surface area contributed by atoms with Crippen LogP contribution in [-0.2, 0) is 16.1 Å². The van der Waals surface area contributed by atoms with Crippen molar-refractivity contribution in [2.45, 2.75) is 12.5 Å². The maximum absolute atomic E-state index is 11.0.